The van der Waals surface area contributed by atoms with Gasteiger partial charge in [-0.3, -0.25) is 0 Å². The van der Waals surface area contributed by atoms with Gasteiger partial charge in [0.1, 0.15) is 12.4 Å². The lowest BCUT2D eigenvalue weighted by Crippen LogP contribution is -2.01. The van der Waals surface area contributed by atoms with E-state index in [4.69, 9.17) is 4.74 Å². The fraction of sp³-hybridized carbons (Fsp3) is 0.143. The molecule has 106 valence electrons. The summed E-state index contributed by atoms with van der Waals surface area (Å²) in [5.41, 5.74) is 4.07. The lowest BCUT2D eigenvalue weighted by atomic mass is 9.89. The van der Waals surface area contributed by atoms with E-state index < -0.39 is 0 Å². The first kappa shape index (κ1) is 12.0. The van der Waals surface area contributed by atoms with Crippen LogP contribution in [0.4, 0.5) is 0 Å². The summed E-state index contributed by atoms with van der Waals surface area (Å²) in [5.74, 6) is 0.996. The van der Waals surface area contributed by atoms with Crippen LogP contribution in [0.1, 0.15) is 23.1 Å². The quantitative estimate of drug-likeness (QED) is 0.505. The Kier molecular flexibility index (Phi) is 2.45. The molecule has 0 radical (unpaired) electrons. The van der Waals surface area contributed by atoms with Gasteiger partial charge < -0.3 is 4.74 Å². The number of hydrogen-bond donors (Lipinski definition) is 0. The van der Waals surface area contributed by atoms with Crippen molar-refractivity contribution in [3.8, 4) is 5.75 Å². The third kappa shape index (κ3) is 1.59. The summed E-state index contributed by atoms with van der Waals surface area (Å²) >= 11 is 0. The van der Waals surface area contributed by atoms with Crippen LogP contribution in [0, 0.1) is 0 Å². The molecule has 0 amide bonds. The number of hydrogen-bond acceptors (Lipinski definition) is 1. The van der Waals surface area contributed by atoms with Crippen molar-refractivity contribution in [1.82, 2.24) is 0 Å². The Balaban J connectivity index is 1.97. The molecule has 1 nitrogen and oxygen atoms in total. The van der Waals surface area contributed by atoms with Crippen LogP contribution in [-0.2, 0) is 6.42 Å². The second-order valence-electron chi connectivity index (χ2n) is 6.03. The maximum atomic E-state index is 5.79. The molecule has 1 aliphatic carbocycles. The van der Waals surface area contributed by atoms with E-state index in [1.54, 1.807) is 0 Å². The molecule has 2 aliphatic rings. The fourth-order valence-corrected chi connectivity index (χ4v) is 3.76. The number of fused-ring (bicyclic) bond motifs is 7. The zero-order chi connectivity index (χ0) is 14.5. The smallest absolute Gasteiger partial charge is 0.127 e. The van der Waals surface area contributed by atoms with E-state index in [0.717, 1.165) is 18.6 Å². The largest absolute Gasteiger partial charge is 0.489 e. The van der Waals surface area contributed by atoms with Crippen LogP contribution in [0.3, 0.4) is 0 Å². The molecule has 3 aromatic carbocycles. The molecule has 1 aliphatic heterocycles. The van der Waals surface area contributed by atoms with Crippen molar-refractivity contribution in [3.63, 3.8) is 0 Å². The van der Waals surface area contributed by atoms with E-state index in [1.807, 2.05) is 0 Å². The van der Waals surface area contributed by atoms with E-state index in [1.165, 1.54) is 38.2 Å². The molecule has 0 N–H and O–H groups in total. The van der Waals surface area contributed by atoms with Gasteiger partial charge in [0.25, 0.3) is 0 Å². The molecule has 3 aromatic rings. The fourth-order valence-electron chi connectivity index (χ4n) is 3.76. The maximum absolute atomic E-state index is 5.79. The minimum absolute atomic E-state index is 0.668. The summed E-state index contributed by atoms with van der Waals surface area (Å²) in [6, 6.07) is 13.4. The monoisotopic (exact) mass is 284 g/mol. The van der Waals surface area contributed by atoms with Gasteiger partial charge in [0, 0.05) is 10.9 Å². The van der Waals surface area contributed by atoms with Gasteiger partial charge in [-0.2, -0.15) is 0 Å². The third-order valence-electron chi connectivity index (χ3n) is 4.80. The molecule has 0 spiro atoms. The Hall–Kier alpha value is -2.54. The van der Waals surface area contributed by atoms with Crippen molar-refractivity contribution < 1.29 is 4.74 Å². The predicted octanol–water partition coefficient (Wildman–Crippen LogP) is 5.36. The molecule has 0 saturated heterocycles. The molecule has 0 fully saturated rings. The molecule has 0 aromatic heterocycles. The average Bonchev–Trinajstić information content (AvgIpc) is 2.60. The highest BCUT2D eigenvalue weighted by Crippen LogP contribution is 2.38. The highest BCUT2D eigenvalue weighted by Gasteiger charge is 2.15. The van der Waals surface area contributed by atoms with Crippen molar-refractivity contribution in [2.24, 2.45) is 0 Å². The molecule has 0 atom stereocenters. The van der Waals surface area contributed by atoms with Gasteiger partial charge in [0.15, 0.2) is 0 Å². The first-order chi connectivity index (χ1) is 10.9. The summed E-state index contributed by atoms with van der Waals surface area (Å²) in [4.78, 5) is 0. The molecule has 1 heterocycles. The van der Waals surface area contributed by atoms with Crippen molar-refractivity contribution in [2.75, 3.05) is 6.61 Å². The van der Waals surface area contributed by atoms with Gasteiger partial charge in [-0.1, -0.05) is 48.6 Å². The molecular weight excluding hydrogens is 268 g/mol. The lowest BCUT2D eigenvalue weighted by molar-refractivity contribution is 0.359. The Labute approximate surface area is 129 Å². The summed E-state index contributed by atoms with van der Waals surface area (Å²) in [7, 11) is 0. The van der Waals surface area contributed by atoms with Gasteiger partial charge in [0.2, 0.25) is 0 Å². The average molecular weight is 284 g/mol. The summed E-state index contributed by atoms with van der Waals surface area (Å²) in [6.45, 7) is 0.668. The van der Waals surface area contributed by atoms with E-state index in [9.17, 15) is 0 Å². The van der Waals surface area contributed by atoms with Crippen molar-refractivity contribution in [1.29, 1.82) is 0 Å². The van der Waals surface area contributed by atoms with Crippen LogP contribution in [0.2, 0.25) is 0 Å². The van der Waals surface area contributed by atoms with Crippen LogP contribution >= 0.6 is 0 Å². The Morgan fingerprint density at radius 2 is 1.64 bits per heavy atom. The van der Waals surface area contributed by atoms with Crippen molar-refractivity contribution in [3.05, 3.63) is 65.2 Å². The van der Waals surface area contributed by atoms with Crippen LogP contribution in [-0.4, -0.2) is 6.61 Å². The van der Waals surface area contributed by atoms with Crippen LogP contribution in [0.15, 0.2) is 48.6 Å². The highest BCUT2D eigenvalue weighted by atomic mass is 16.5. The standard InChI is InChI=1S/C21H16O/c1-2-5-16-14(4-1)7-11-18-17(16)10-8-15-9-12-20-19(21(15)18)6-3-13-22-20/h2-3,5-12H,1,4,13H2. The van der Waals surface area contributed by atoms with Crippen molar-refractivity contribution >= 4 is 33.7 Å². The molecule has 0 unspecified atom stereocenters. The maximum Gasteiger partial charge on any atom is 0.127 e. The topological polar surface area (TPSA) is 9.23 Å². The van der Waals surface area contributed by atoms with Crippen LogP contribution in [0.5, 0.6) is 5.75 Å². The minimum atomic E-state index is 0.668. The Bertz CT molecular complexity index is 976. The number of allylic oxidation sites excluding steroid dienone is 1. The second kappa shape index (κ2) is 4.48. The highest BCUT2D eigenvalue weighted by molar-refractivity contribution is 6.14. The summed E-state index contributed by atoms with van der Waals surface area (Å²) in [5, 5.41) is 5.27. The zero-order valence-corrected chi connectivity index (χ0v) is 12.3. The van der Waals surface area contributed by atoms with Gasteiger partial charge in [-0.15, -0.1) is 0 Å². The molecular formula is C21H16O. The number of rotatable bonds is 0. The molecule has 5 rings (SSSR count). The first-order valence-electron chi connectivity index (χ1n) is 7.89. The van der Waals surface area contributed by atoms with E-state index in [0.29, 0.717) is 6.61 Å². The number of aryl methyl sites for hydroxylation is 1. The van der Waals surface area contributed by atoms with Gasteiger partial charge in [-0.25, -0.2) is 0 Å². The Morgan fingerprint density at radius 1 is 0.773 bits per heavy atom. The predicted molar refractivity (Wildman–Crippen MR) is 93.3 cm³/mol. The van der Waals surface area contributed by atoms with Gasteiger partial charge >= 0.3 is 0 Å². The number of benzene rings is 3. The van der Waals surface area contributed by atoms with Crippen LogP contribution < -0.4 is 4.74 Å². The second-order valence-corrected chi connectivity index (χ2v) is 6.03. The van der Waals surface area contributed by atoms with Crippen LogP contribution in [0.25, 0.3) is 33.7 Å². The SMILES string of the molecule is C1=Cc2c(ccc3c2ccc2ccc4c(c23)C=CCO4)CC1. The molecule has 22 heavy (non-hydrogen) atoms. The minimum Gasteiger partial charge on any atom is -0.489 e. The molecule has 0 saturated carbocycles. The van der Waals surface area contributed by atoms with E-state index in [-0.39, 0.29) is 0 Å². The van der Waals surface area contributed by atoms with Gasteiger partial charge in [0.05, 0.1) is 0 Å². The normalized spacial score (nSPS) is 15.6. The summed E-state index contributed by atoms with van der Waals surface area (Å²) < 4.78 is 5.79. The molecule has 0 bridgehead atoms. The lowest BCUT2D eigenvalue weighted by Gasteiger charge is -2.18. The molecule has 1 heteroatoms. The number of ether oxygens (including phenoxy) is 1. The summed E-state index contributed by atoms with van der Waals surface area (Å²) in [6.07, 6.45) is 11.2. The van der Waals surface area contributed by atoms with E-state index >= 15 is 0 Å². The Morgan fingerprint density at radius 3 is 2.64 bits per heavy atom. The first-order valence-corrected chi connectivity index (χ1v) is 7.89. The van der Waals surface area contributed by atoms with E-state index in [2.05, 4.69) is 60.7 Å². The zero-order valence-electron chi connectivity index (χ0n) is 12.3. The van der Waals surface area contributed by atoms with Crippen molar-refractivity contribution in [2.45, 2.75) is 12.8 Å². The third-order valence-corrected chi connectivity index (χ3v) is 4.80. The van der Waals surface area contributed by atoms with Gasteiger partial charge in [-0.05, 0) is 52.3 Å².